The first-order valence-electron chi connectivity index (χ1n) is 5.13. The van der Waals surface area contributed by atoms with E-state index in [0.717, 1.165) is 19.3 Å². The monoisotopic (exact) mass is 187 g/mol. The van der Waals surface area contributed by atoms with E-state index in [9.17, 15) is 10.2 Å². The van der Waals surface area contributed by atoms with Gasteiger partial charge in [-0.1, -0.05) is 12.8 Å². The molecule has 0 saturated heterocycles. The summed E-state index contributed by atoms with van der Waals surface area (Å²) in [6.45, 7) is 4.10. The first-order chi connectivity index (χ1) is 5.99. The molecule has 0 heterocycles. The lowest BCUT2D eigenvalue weighted by Gasteiger charge is -2.30. The molecule has 1 aliphatic rings. The third-order valence-electron chi connectivity index (χ3n) is 2.53. The van der Waals surface area contributed by atoms with Gasteiger partial charge >= 0.3 is 0 Å². The van der Waals surface area contributed by atoms with Crippen LogP contribution in [0, 0.1) is 0 Å². The lowest BCUT2D eigenvalue weighted by Crippen LogP contribution is -2.47. The molecule has 2 atom stereocenters. The molecule has 13 heavy (non-hydrogen) atoms. The molecule has 3 heteroatoms. The second kappa shape index (κ2) is 4.40. The maximum Gasteiger partial charge on any atom is 0.0715 e. The maximum absolute atomic E-state index is 9.62. The predicted octanol–water partition coefficient (Wildman–Crippen LogP) is 0.650. The normalized spacial score (nSPS) is 30.5. The lowest BCUT2D eigenvalue weighted by atomic mass is 9.92. The van der Waals surface area contributed by atoms with Gasteiger partial charge in [-0.3, -0.25) is 0 Å². The fourth-order valence-electron chi connectivity index (χ4n) is 1.73. The van der Waals surface area contributed by atoms with E-state index in [1.807, 2.05) is 0 Å². The second-order valence-electron chi connectivity index (χ2n) is 4.65. The van der Waals surface area contributed by atoms with Gasteiger partial charge in [0.15, 0.2) is 0 Å². The van der Waals surface area contributed by atoms with E-state index >= 15 is 0 Å². The summed E-state index contributed by atoms with van der Waals surface area (Å²) < 4.78 is 0. The minimum Gasteiger partial charge on any atom is -0.392 e. The molecule has 0 aromatic rings. The van der Waals surface area contributed by atoms with Crippen molar-refractivity contribution in [3.63, 3.8) is 0 Å². The molecule has 0 radical (unpaired) electrons. The van der Waals surface area contributed by atoms with Gasteiger partial charge in [0.1, 0.15) is 0 Å². The fourth-order valence-corrected chi connectivity index (χ4v) is 1.73. The highest BCUT2D eigenvalue weighted by Gasteiger charge is 2.24. The highest BCUT2D eigenvalue weighted by atomic mass is 16.3. The number of hydrogen-bond acceptors (Lipinski definition) is 3. The Labute approximate surface area is 80.2 Å². The van der Waals surface area contributed by atoms with Crippen LogP contribution in [0.25, 0.3) is 0 Å². The Balaban J connectivity index is 2.27. The Kier molecular flexibility index (Phi) is 3.71. The van der Waals surface area contributed by atoms with Crippen molar-refractivity contribution >= 4 is 0 Å². The molecule has 0 aromatic heterocycles. The van der Waals surface area contributed by atoms with Crippen molar-refractivity contribution in [2.45, 2.75) is 57.3 Å². The molecule has 78 valence electrons. The van der Waals surface area contributed by atoms with Crippen LogP contribution < -0.4 is 5.32 Å². The van der Waals surface area contributed by atoms with Crippen LogP contribution >= 0.6 is 0 Å². The molecule has 0 bridgehead atoms. The first-order valence-corrected chi connectivity index (χ1v) is 5.13. The van der Waals surface area contributed by atoms with Crippen LogP contribution in [0.2, 0.25) is 0 Å². The Morgan fingerprint density at radius 2 is 1.92 bits per heavy atom. The first kappa shape index (κ1) is 11.0. The molecule has 1 aliphatic carbocycles. The van der Waals surface area contributed by atoms with E-state index in [1.165, 1.54) is 6.42 Å². The van der Waals surface area contributed by atoms with Gasteiger partial charge in [-0.05, 0) is 26.7 Å². The summed E-state index contributed by atoms with van der Waals surface area (Å²) in [6, 6.07) is 0.181. The van der Waals surface area contributed by atoms with E-state index in [2.05, 4.69) is 5.32 Å². The van der Waals surface area contributed by atoms with E-state index in [-0.39, 0.29) is 12.1 Å². The molecule has 1 fully saturated rings. The molecule has 0 unspecified atom stereocenters. The minimum atomic E-state index is -0.683. The average molecular weight is 187 g/mol. The summed E-state index contributed by atoms with van der Waals surface area (Å²) in [5.41, 5.74) is -0.683. The summed E-state index contributed by atoms with van der Waals surface area (Å²) in [5, 5.41) is 22.3. The SMILES string of the molecule is CC(C)(O)CN[C@H]1CCCC[C@@H]1O. The summed E-state index contributed by atoms with van der Waals surface area (Å²) in [4.78, 5) is 0. The third kappa shape index (κ3) is 4.07. The zero-order chi connectivity index (χ0) is 9.90. The van der Waals surface area contributed by atoms with Gasteiger partial charge in [-0.15, -0.1) is 0 Å². The van der Waals surface area contributed by atoms with Gasteiger partial charge in [0.05, 0.1) is 11.7 Å². The number of aliphatic hydroxyl groups is 2. The number of nitrogens with one attached hydrogen (secondary N) is 1. The zero-order valence-corrected chi connectivity index (χ0v) is 8.58. The zero-order valence-electron chi connectivity index (χ0n) is 8.58. The molecule has 0 aromatic carbocycles. The molecule has 0 amide bonds. The van der Waals surface area contributed by atoms with Crippen LogP contribution in [0.15, 0.2) is 0 Å². The van der Waals surface area contributed by atoms with Crippen molar-refractivity contribution in [3.05, 3.63) is 0 Å². The predicted molar refractivity (Wildman–Crippen MR) is 52.6 cm³/mol. The van der Waals surface area contributed by atoms with Gasteiger partial charge in [-0.2, -0.15) is 0 Å². The molecular weight excluding hydrogens is 166 g/mol. The second-order valence-corrected chi connectivity index (χ2v) is 4.65. The quantitative estimate of drug-likeness (QED) is 0.608. The van der Waals surface area contributed by atoms with Crippen LogP contribution in [0.3, 0.4) is 0 Å². The molecule has 1 saturated carbocycles. The Bertz CT molecular complexity index is 153. The summed E-state index contributed by atoms with van der Waals surface area (Å²) in [6.07, 6.45) is 4.00. The maximum atomic E-state index is 9.62. The topological polar surface area (TPSA) is 52.5 Å². The third-order valence-corrected chi connectivity index (χ3v) is 2.53. The molecular formula is C10H21NO2. The fraction of sp³-hybridized carbons (Fsp3) is 1.00. The van der Waals surface area contributed by atoms with Crippen molar-refractivity contribution in [1.82, 2.24) is 5.32 Å². The molecule has 1 rings (SSSR count). The summed E-state index contributed by atoms with van der Waals surface area (Å²) in [5.74, 6) is 0. The van der Waals surface area contributed by atoms with E-state index < -0.39 is 5.60 Å². The van der Waals surface area contributed by atoms with Crippen LogP contribution in [-0.4, -0.2) is 34.5 Å². The minimum absolute atomic E-state index is 0.181. The average Bonchev–Trinajstić information content (AvgIpc) is 2.01. The largest absolute Gasteiger partial charge is 0.392 e. The van der Waals surface area contributed by atoms with Crippen molar-refractivity contribution in [2.24, 2.45) is 0 Å². The van der Waals surface area contributed by atoms with Gasteiger partial charge in [0.2, 0.25) is 0 Å². The van der Waals surface area contributed by atoms with E-state index in [0.29, 0.717) is 6.54 Å². The van der Waals surface area contributed by atoms with E-state index in [4.69, 9.17) is 0 Å². The van der Waals surface area contributed by atoms with Crippen molar-refractivity contribution < 1.29 is 10.2 Å². The number of rotatable bonds is 3. The number of aliphatic hydroxyl groups excluding tert-OH is 1. The molecule has 3 N–H and O–H groups in total. The van der Waals surface area contributed by atoms with Crippen molar-refractivity contribution in [1.29, 1.82) is 0 Å². The highest BCUT2D eigenvalue weighted by Crippen LogP contribution is 2.18. The highest BCUT2D eigenvalue weighted by molar-refractivity contribution is 4.82. The van der Waals surface area contributed by atoms with Crippen LogP contribution in [-0.2, 0) is 0 Å². The number of hydrogen-bond donors (Lipinski definition) is 3. The van der Waals surface area contributed by atoms with Gasteiger partial charge < -0.3 is 15.5 Å². The summed E-state index contributed by atoms with van der Waals surface area (Å²) >= 11 is 0. The smallest absolute Gasteiger partial charge is 0.0715 e. The molecule has 0 aliphatic heterocycles. The van der Waals surface area contributed by atoms with Gasteiger partial charge in [0, 0.05) is 12.6 Å². The van der Waals surface area contributed by atoms with E-state index in [1.54, 1.807) is 13.8 Å². The van der Waals surface area contributed by atoms with Crippen LogP contribution in [0.1, 0.15) is 39.5 Å². The van der Waals surface area contributed by atoms with Crippen LogP contribution in [0.5, 0.6) is 0 Å². The lowest BCUT2D eigenvalue weighted by molar-refractivity contribution is 0.0498. The summed E-state index contributed by atoms with van der Waals surface area (Å²) in [7, 11) is 0. The Hall–Kier alpha value is -0.120. The van der Waals surface area contributed by atoms with Crippen LogP contribution in [0.4, 0.5) is 0 Å². The van der Waals surface area contributed by atoms with Crippen molar-refractivity contribution in [3.8, 4) is 0 Å². The van der Waals surface area contributed by atoms with Gasteiger partial charge in [-0.25, -0.2) is 0 Å². The van der Waals surface area contributed by atoms with Crippen molar-refractivity contribution in [2.75, 3.05) is 6.54 Å². The van der Waals surface area contributed by atoms with Gasteiger partial charge in [0.25, 0.3) is 0 Å². The Morgan fingerprint density at radius 3 is 2.46 bits per heavy atom. The standard InChI is InChI=1S/C10H21NO2/c1-10(2,13)7-11-8-5-3-4-6-9(8)12/h8-9,11-13H,3-7H2,1-2H3/t8-,9-/m0/s1. The molecule has 3 nitrogen and oxygen atoms in total. The Morgan fingerprint density at radius 1 is 1.31 bits per heavy atom. The molecule has 0 spiro atoms.